The number of hydrogen-bond donors (Lipinski definition) is 1. The van der Waals surface area contributed by atoms with Crippen molar-refractivity contribution in [2.45, 2.75) is 13.5 Å². The van der Waals surface area contributed by atoms with Crippen LogP contribution in [0.2, 0.25) is 0 Å². The summed E-state index contributed by atoms with van der Waals surface area (Å²) in [6.45, 7) is 1.91. The van der Waals surface area contributed by atoms with Crippen molar-refractivity contribution in [2.75, 3.05) is 12.4 Å². The van der Waals surface area contributed by atoms with Gasteiger partial charge in [-0.15, -0.1) is 10.2 Å². The highest BCUT2D eigenvalue weighted by Crippen LogP contribution is 2.23. The van der Waals surface area contributed by atoms with Crippen molar-refractivity contribution >= 4 is 11.5 Å². The van der Waals surface area contributed by atoms with Crippen LogP contribution in [0.15, 0.2) is 52.9 Å². The Morgan fingerprint density at radius 2 is 2.00 bits per heavy atom. The zero-order valence-corrected chi connectivity index (χ0v) is 13.4. The Kier molecular flexibility index (Phi) is 4.56. The molecular weight excluding hydrogens is 306 g/mol. The topological polar surface area (TPSA) is 77.3 Å². The highest BCUT2D eigenvalue weighted by molar-refractivity contribution is 5.94. The fraction of sp³-hybridized carbons (Fsp3) is 0.167. The molecule has 0 atom stereocenters. The van der Waals surface area contributed by atoms with Gasteiger partial charge < -0.3 is 14.5 Å². The molecule has 0 bridgehead atoms. The predicted molar refractivity (Wildman–Crippen MR) is 90.1 cm³/mol. The summed E-state index contributed by atoms with van der Waals surface area (Å²) in [6.07, 6.45) is 0. The van der Waals surface area contributed by atoms with Crippen molar-refractivity contribution in [3.63, 3.8) is 0 Å². The van der Waals surface area contributed by atoms with Crippen LogP contribution in [0.25, 0.3) is 11.5 Å². The van der Waals surface area contributed by atoms with Gasteiger partial charge in [0.25, 0.3) is 0 Å². The highest BCUT2D eigenvalue weighted by atomic mass is 16.5. The van der Waals surface area contributed by atoms with E-state index in [1.54, 1.807) is 19.2 Å². The van der Waals surface area contributed by atoms with Crippen LogP contribution in [0, 0.1) is 0 Å². The van der Waals surface area contributed by atoms with Gasteiger partial charge >= 0.3 is 0 Å². The summed E-state index contributed by atoms with van der Waals surface area (Å²) in [4.78, 5) is 11.4. The fourth-order valence-electron chi connectivity index (χ4n) is 2.22. The van der Waals surface area contributed by atoms with E-state index in [2.05, 4.69) is 15.5 Å². The zero-order valence-electron chi connectivity index (χ0n) is 13.4. The maximum atomic E-state index is 11.4. The molecule has 0 aliphatic carbocycles. The third-order valence-corrected chi connectivity index (χ3v) is 3.50. The van der Waals surface area contributed by atoms with Crippen LogP contribution >= 0.6 is 0 Å². The van der Waals surface area contributed by atoms with Gasteiger partial charge in [-0.1, -0.05) is 18.2 Å². The Labute approximate surface area is 139 Å². The molecular formula is C18H17N3O3. The third kappa shape index (κ3) is 3.60. The molecule has 1 heterocycles. The van der Waals surface area contributed by atoms with Crippen LogP contribution in [0.1, 0.15) is 23.2 Å². The van der Waals surface area contributed by atoms with Crippen molar-refractivity contribution in [2.24, 2.45) is 0 Å². The summed E-state index contributed by atoms with van der Waals surface area (Å²) in [5.74, 6) is 1.65. The summed E-state index contributed by atoms with van der Waals surface area (Å²) < 4.78 is 10.9. The van der Waals surface area contributed by atoms with Gasteiger partial charge in [0.05, 0.1) is 13.7 Å². The van der Waals surface area contributed by atoms with Crippen molar-refractivity contribution in [1.82, 2.24) is 10.2 Å². The summed E-state index contributed by atoms with van der Waals surface area (Å²) >= 11 is 0. The van der Waals surface area contributed by atoms with Crippen molar-refractivity contribution in [3.8, 4) is 17.2 Å². The van der Waals surface area contributed by atoms with E-state index < -0.39 is 0 Å². The predicted octanol–water partition coefficient (Wildman–Crippen LogP) is 3.56. The molecule has 0 fully saturated rings. The third-order valence-electron chi connectivity index (χ3n) is 3.50. The minimum Gasteiger partial charge on any atom is -0.497 e. The van der Waals surface area contributed by atoms with Crippen LogP contribution < -0.4 is 10.1 Å². The van der Waals surface area contributed by atoms with E-state index >= 15 is 0 Å². The molecule has 0 unspecified atom stereocenters. The average molecular weight is 323 g/mol. The number of hydrogen-bond acceptors (Lipinski definition) is 6. The second kappa shape index (κ2) is 6.95. The monoisotopic (exact) mass is 323 g/mol. The normalized spacial score (nSPS) is 10.4. The lowest BCUT2D eigenvalue weighted by atomic mass is 10.1. The summed E-state index contributed by atoms with van der Waals surface area (Å²) in [5, 5.41) is 11.3. The number of carbonyl (C=O) groups is 1. The van der Waals surface area contributed by atoms with Gasteiger partial charge in [-0.25, -0.2) is 0 Å². The van der Waals surface area contributed by atoms with Crippen LogP contribution in [0.3, 0.4) is 0 Å². The number of nitrogens with one attached hydrogen (secondary N) is 1. The number of benzene rings is 2. The maximum Gasteiger partial charge on any atom is 0.247 e. The quantitative estimate of drug-likeness (QED) is 0.699. The molecule has 0 aliphatic heterocycles. The minimum atomic E-state index is 0.0248. The van der Waals surface area contributed by atoms with E-state index in [4.69, 9.17) is 9.15 Å². The van der Waals surface area contributed by atoms with E-state index in [9.17, 15) is 4.79 Å². The Hall–Kier alpha value is -3.15. The van der Waals surface area contributed by atoms with Gasteiger partial charge in [0.2, 0.25) is 11.8 Å². The lowest BCUT2D eigenvalue weighted by Crippen LogP contribution is -2.01. The first kappa shape index (κ1) is 15.7. The maximum absolute atomic E-state index is 11.4. The fourth-order valence-corrected chi connectivity index (χ4v) is 2.22. The second-order valence-corrected chi connectivity index (χ2v) is 5.22. The number of ketones is 1. The largest absolute Gasteiger partial charge is 0.497 e. The first-order valence-corrected chi connectivity index (χ1v) is 7.47. The molecule has 1 N–H and O–H groups in total. The second-order valence-electron chi connectivity index (χ2n) is 5.22. The molecule has 24 heavy (non-hydrogen) atoms. The molecule has 3 aromatic rings. The van der Waals surface area contributed by atoms with Crippen LogP contribution in [0.4, 0.5) is 5.69 Å². The SMILES string of the molecule is COc1cccc(-c2nnc(CNc3cccc(C(C)=O)c3)o2)c1. The highest BCUT2D eigenvalue weighted by Gasteiger charge is 2.09. The smallest absolute Gasteiger partial charge is 0.247 e. The lowest BCUT2D eigenvalue weighted by Gasteiger charge is -2.04. The number of Topliss-reactive ketones (excluding diaryl/α,β-unsaturated/α-hetero) is 1. The number of methoxy groups -OCH3 is 1. The average Bonchev–Trinajstić information content (AvgIpc) is 3.09. The standard InChI is InChI=1S/C18H17N3O3/c1-12(22)13-5-3-7-15(9-13)19-11-17-20-21-18(24-17)14-6-4-8-16(10-14)23-2/h3-10,19H,11H2,1-2H3. The molecule has 0 saturated carbocycles. The van der Waals surface area contributed by atoms with Crippen LogP contribution in [-0.4, -0.2) is 23.1 Å². The molecule has 6 heteroatoms. The van der Waals surface area contributed by atoms with E-state index in [1.807, 2.05) is 36.4 Å². The van der Waals surface area contributed by atoms with Gasteiger partial charge in [0, 0.05) is 16.8 Å². The van der Waals surface area contributed by atoms with Crippen molar-refractivity contribution in [1.29, 1.82) is 0 Å². The van der Waals surface area contributed by atoms with Gasteiger partial charge in [-0.05, 0) is 37.3 Å². The van der Waals surface area contributed by atoms with Crippen molar-refractivity contribution in [3.05, 3.63) is 60.0 Å². The number of aromatic nitrogens is 2. The minimum absolute atomic E-state index is 0.0248. The number of carbonyl (C=O) groups excluding carboxylic acids is 1. The Balaban J connectivity index is 1.70. The first-order chi connectivity index (χ1) is 11.7. The summed E-state index contributed by atoms with van der Waals surface area (Å²) in [7, 11) is 1.61. The van der Waals surface area contributed by atoms with E-state index in [-0.39, 0.29) is 5.78 Å². The van der Waals surface area contributed by atoms with Gasteiger partial charge in [-0.2, -0.15) is 0 Å². The van der Waals surface area contributed by atoms with Crippen LogP contribution in [0.5, 0.6) is 5.75 Å². The van der Waals surface area contributed by atoms with E-state index in [0.29, 0.717) is 23.9 Å². The molecule has 3 rings (SSSR count). The number of ether oxygens (including phenoxy) is 1. The molecule has 1 aromatic heterocycles. The van der Waals surface area contributed by atoms with Crippen molar-refractivity contribution < 1.29 is 13.9 Å². The zero-order chi connectivity index (χ0) is 16.9. The molecule has 0 amide bonds. The molecule has 0 aliphatic rings. The Bertz CT molecular complexity index is 858. The van der Waals surface area contributed by atoms with Crippen LogP contribution in [-0.2, 0) is 6.54 Å². The molecule has 2 aromatic carbocycles. The molecule has 0 spiro atoms. The van der Waals surface area contributed by atoms with Gasteiger partial charge in [0.1, 0.15) is 5.75 Å². The van der Waals surface area contributed by atoms with Gasteiger partial charge in [0.15, 0.2) is 5.78 Å². The molecule has 0 saturated heterocycles. The van der Waals surface area contributed by atoms with E-state index in [0.717, 1.165) is 17.0 Å². The van der Waals surface area contributed by atoms with E-state index in [1.165, 1.54) is 6.92 Å². The lowest BCUT2D eigenvalue weighted by molar-refractivity contribution is 0.101. The first-order valence-electron chi connectivity index (χ1n) is 7.47. The number of nitrogens with zero attached hydrogens (tertiary/aromatic N) is 2. The molecule has 122 valence electrons. The molecule has 0 radical (unpaired) electrons. The summed E-state index contributed by atoms with van der Waals surface area (Å²) in [6, 6.07) is 14.7. The number of rotatable bonds is 6. The van der Waals surface area contributed by atoms with Gasteiger partial charge in [-0.3, -0.25) is 4.79 Å². The Morgan fingerprint density at radius 1 is 1.17 bits per heavy atom. The number of anilines is 1. The summed E-state index contributed by atoms with van der Waals surface area (Å²) in [5.41, 5.74) is 2.28. The Morgan fingerprint density at radius 3 is 2.79 bits per heavy atom. The molecule has 6 nitrogen and oxygen atoms in total.